The van der Waals surface area contributed by atoms with Gasteiger partial charge in [0.2, 0.25) is 0 Å². The smallest absolute Gasteiger partial charge is 0.109 e. The summed E-state index contributed by atoms with van der Waals surface area (Å²) in [6.45, 7) is 5.18. The van der Waals surface area contributed by atoms with Crippen LogP contribution in [0.3, 0.4) is 0 Å². The van der Waals surface area contributed by atoms with Crippen molar-refractivity contribution >= 4 is 0 Å². The lowest BCUT2D eigenvalue weighted by atomic mass is 9.79. The van der Waals surface area contributed by atoms with Crippen LogP contribution >= 0.6 is 0 Å². The van der Waals surface area contributed by atoms with Crippen LogP contribution in [0.5, 0.6) is 0 Å². The fraction of sp³-hybridized carbons (Fsp3) is 0.400. The van der Waals surface area contributed by atoms with Crippen molar-refractivity contribution in [1.82, 2.24) is 4.90 Å². The molecule has 3 nitrogen and oxygen atoms in total. The number of nitrogens with zero attached hydrogens (tertiary/aromatic N) is 1. The van der Waals surface area contributed by atoms with E-state index < -0.39 is 5.60 Å². The van der Waals surface area contributed by atoms with Gasteiger partial charge in [0, 0.05) is 13.1 Å². The van der Waals surface area contributed by atoms with Crippen molar-refractivity contribution in [1.29, 1.82) is 0 Å². The highest BCUT2D eigenvalue weighted by molar-refractivity contribution is 5.31. The van der Waals surface area contributed by atoms with E-state index in [1.807, 2.05) is 48.5 Å². The van der Waals surface area contributed by atoms with Crippen molar-refractivity contribution in [2.75, 3.05) is 26.3 Å². The van der Waals surface area contributed by atoms with Gasteiger partial charge in [-0.2, -0.15) is 0 Å². The van der Waals surface area contributed by atoms with E-state index in [4.69, 9.17) is 4.74 Å². The largest absolute Gasteiger partial charge is 0.383 e. The standard InChI is InChI=1S/C20H25NO2/c1-2-20(22,18-11-7-4-8-12-18)19(17-9-5-3-6-10-17)21-13-15-23-16-14-21/h3-12,19,22H,2,13-16H2,1H3. The lowest BCUT2D eigenvalue weighted by Crippen LogP contribution is -2.48. The van der Waals surface area contributed by atoms with Crippen LogP contribution in [0, 0.1) is 0 Å². The molecule has 1 aliphatic heterocycles. The first-order chi connectivity index (χ1) is 11.3. The van der Waals surface area contributed by atoms with E-state index in [2.05, 4.69) is 24.0 Å². The SMILES string of the molecule is CCC(O)(c1ccccc1)C(c1ccccc1)N1CCOCC1. The molecule has 1 fully saturated rings. The fourth-order valence-corrected chi connectivity index (χ4v) is 3.54. The van der Waals surface area contributed by atoms with Crippen molar-refractivity contribution in [2.45, 2.75) is 25.0 Å². The van der Waals surface area contributed by atoms with Gasteiger partial charge in [0.25, 0.3) is 0 Å². The first-order valence-electron chi connectivity index (χ1n) is 8.40. The van der Waals surface area contributed by atoms with E-state index in [-0.39, 0.29) is 6.04 Å². The first-order valence-corrected chi connectivity index (χ1v) is 8.40. The summed E-state index contributed by atoms with van der Waals surface area (Å²) in [6.07, 6.45) is 0.661. The van der Waals surface area contributed by atoms with E-state index in [9.17, 15) is 5.11 Å². The Labute approximate surface area is 138 Å². The molecule has 1 heterocycles. The molecule has 1 aliphatic rings. The highest BCUT2D eigenvalue weighted by Gasteiger charge is 2.41. The average Bonchev–Trinajstić information content (AvgIpc) is 2.64. The summed E-state index contributed by atoms with van der Waals surface area (Å²) in [5.74, 6) is 0. The predicted octanol–water partition coefficient (Wildman–Crippen LogP) is 3.36. The van der Waals surface area contributed by atoms with Crippen molar-refractivity contribution in [3.05, 3.63) is 71.8 Å². The van der Waals surface area contributed by atoms with Gasteiger partial charge in [0.15, 0.2) is 0 Å². The molecule has 0 amide bonds. The van der Waals surface area contributed by atoms with Crippen LogP contribution in [0.15, 0.2) is 60.7 Å². The van der Waals surface area contributed by atoms with Crippen molar-refractivity contribution in [3.63, 3.8) is 0 Å². The first kappa shape index (κ1) is 16.2. The molecule has 3 heteroatoms. The van der Waals surface area contributed by atoms with Crippen LogP contribution in [-0.4, -0.2) is 36.3 Å². The number of ether oxygens (including phenoxy) is 1. The summed E-state index contributed by atoms with van der Waals surface area (Å²) < 4.78 is 5.51. The number of aliphatic hydroxyl groups is 1. The second kappa shape index (κ2) is 7.26. The maximum absolute atomic E-state index is 11.7. The molecule has 2 aromatic rings. The number of rotatable bonds is 5. The molecule has 3 rings (SSSR count). The molecule has 23 heavy (non-hydrogen) atoms. The molecule has 0 aliphatic carbocycles. The number of hydrogen-bond acceptors (Lipinski definition) is 3. The molecule has 0 radical (unpaired) electrons. The summed E-state index contributed by atoms with van der Waals surface area (Å²) in [4.78, 5) is 2.36. The Balaban J connectivity index is 2.05. The molecule has 1 saturated heterocycles. The van der Waals surface area contributed by atoms with Crippen LogP contribution in [0.4, 0.5) is 0 Å². The minimum atomic E-state index is -0.917. The molecular formula is C20H25NO2. The molecule has 0 saturated carbocycles. The Hall–Kier alpha value is -1.68. The van der Waals surface area contributed by atoms with E-state index in [1.165, 1.54) is 0 Å². The van der Waals surface area contributed by atoms with Crippen LogP contribution in [0.25, 0.3) is 0 Å². The number of benzene rings is 2. The molecule has 2 unspecified atom stereocenters. The van der Waals surface area contributed by atoms with Crippen LogP contribution < -0.4 is 0 Å². The van der Waals surface area contributed by atoms with Crippen molar-refractivity contribution in [2.24, 2.45) is 0 Å². The van der Waals surface area contributed by atoms with Crippen LogP contribution in [0.2, 0.25) is 0 Å². The van der Waals surface area contributed by atoms with E-state index in [0.717, 1.165) is 37.4 Å². The van der Waals surface area contributed by atoms with Crippen LogP contribution in [0.1, 0.15) is 30.5 Å². The second-order valence-corrected chi connectivity index (χ2v) is 6.11. The Kier molecular flexibility index (Phi) is 5.11. The Morgan fingerprint density at radius 2 is 1.57 bits per heavy atom. The highest BCUT2D eigenvalue weighted by atomic mass is 16.5. The molecule has 2 aromatic carbocycles. The maximum atomic E-state index is 11.7. The van der Waals surface area contributed by atoms with Gasteiger partial charge < -0.3 is 9.84 Å². The van der Waals surface area contributed by atoms with Gasteiger partial charge in [0.1, 0.15) is 5.60 Å². The minimum Gasteiger partial charge on any atom is -0.383 e. The highest BCUT2D eigenvalue weighted by Crippen LogP contribution is 2.42. The third-order valence-corrected chi connectivity index (χ3v) is 4.79. The van der Waals surface area contributed by atoms with E-state index >= 15 is 0 Å². The zero-order valence-electron chi connectivity index (χ0n) is 13.7. The lowest BCUT2D eigenvalue weighted by Gasteiger charge is -2.44. The predicted molar refractivity (Wildman–Crippen MR) is 92.2 cm³/mol. The molecular weight excluding hydrogens is 286 g/mol. The van der Waals surface area contributed by atoms with E-state index in [1.54, 1.807) is 0 Å². The lowest BCUT2D eigenvalue weighted by molar-refractivity contribution is -0.0864. The Morgan fingerprint density at radius 3 is 2.13 bits per heavy atom. The maximum Gasteiger partial charge on any atom is 0.109 e. The molecule has 122 valence electrons. The zero-order chi connectivity index (χ0) is 16.1. The molecule has 2 atom stereocenters. The summed E-state index contributed by atoms with van der Waals surface area (Å²) >= 11 is 0. The van der Waals surface area contributed by atoms with Gasteiger partial charge in [-0.15, -0.1) is 0 Å². The summed E-state index contributed by atoms with van der Waals surface area (Å²) in [5.41, 5.74) is 1.21. The van der Waals surface area contributed by atoms with Gasteiger partial charge in [0.05, 0.1) is 19.3 Å². The minimum absolute atomic E-state index is 0.0694. The molecule has 1 N–H and O–H groups in total. The Morgan fingerprint density at radius 1 is 1.00 bits per heavy atom. The average molecular weight is 311 g/mol. The van der Waals surface area contributed by atoms with Gasteiger partial charge >= 0.3 is 0 Å². The molecule has 0 aromatic heterocycles. The zero-order valence-corrected chi connectivity index (χ0v) is 13.7. The third kappa shape index (κ3) is 3.32. The van der Waals surface area contributed by atoms with Crippen LogP contribution in [-0.2, 0) is 10.3 Å². The quantitative estimate of drug-likeness (QED) is 0.919. The van der Waals surface area contributed by atoms with Gasteiger partial charge in [-0.25, -0.2) is 0 Å². The number of hydrogen-bond donors (Lipinski definition) is 1. The Bertz CT molecular complexity index is 596. The van der Waals surface area contributed by atoms with Gasteiger partial charge in [-0.05, 0) is 17.5 Å². The number of morpholine rings is 1. The monoisotopic (exact) mass is 311 g/mol. The fourth-order valence-electron chi connectivity index (χ4n) is 3.54. The van der Waals surface area contributed by atoms with Gasteiger partial charge in [-0.1, -0.05) is 67.6 Å². The van der Waals surface area contributed by atoms with Crippen molar-refractivity contribution in [3.8, 4) is 0 Å². The summed E-state index contributed by atoms with van der Waals surface area (Å²) in [5, 5.41) is 11.7. The molecule has 0 bridgehead atoms. The summed E-state index contributed by atoms with van der Waals surface area (Å²) in [6, 6.07) is 20.3. The molecule has 0 spiro atoms. The topological polar surface area (TPSA) is 32.7 Å². The second-order valence-electron chi connectivity index (χ2n) is 6.11. The third-order valence-electron chi connectivity index (χ3n) is 4.79. The normalized spacial score (nSPS) is 19.9. The van der Waals surface area contributed by atoms with E-state index in [0.29, 0.717) is 6.42 Å². The van der Waals surface area contributed by atoms with Crippen molar-refractivity contribution < 1.29 is 9.84 Å². The summed E-state index contributed by atoms with van der Waals surface area (Å²) in [7, 11) is 0. The van der Waals surface area contributed by atoms with Gasteiger partial charge in [-0.3, -0.25) is 4.90 Å².